The number of aromatic nitrogens is 1. The third-order valence-electron chi connectivity index (χ3n) is 4.05. The van der Waals surface area contributed by atoms with Crippen LogP contribution in [0.5, 0.6) is 5.75 Å². The Bertz CT molecular complexity index is 721. The summed E-state index contributed by atoms with van der Waals surface area (Å²) in [5.41, 5.74) is 1.52. The molecule has 4 nitrogen and oxygen atoms in total. The fourth-order valence-corrected chi connectivity index (χ4v) is 3.71. The lowest BCUT2D eigenvalue weighted by Gasteiger charge is -2.25. The minimum Gasteiger partial charge on any atom is -0.490 e. The van der Waals surface area contributed by atoms with Crippen molar-refractivity contribution in [2.75, 3.05) is 11.9 Å². The minimum absolute atomic E-state index is 0.0632. The van der Waals surface area contributed by atoms with Crippen molar-refractivity contribution < 1.29 is 9.53 Å². The van der Waals surface area contributed by atoms with Crippen molar-refractivity contribution in [3.8, 4) is 17.0 Å². The van der Waals surface area contributed by atoms with Gasteiger partial charge in [-0.05, 0) is 30.9 Å². The first kappa shape index (κ1) is 17.5. The highest BCUT2D eigenvalue weighted by atomic mass is 35.5. The molecule has 1 aliphatic carbocycles. The standard InChI is InChI=1S/C17H18Cl2N2O2S/c1-2-15(22)21-17-20-14(9-24-17)11-6-12(18)16(13(19)7-11)23-8-10-4-3-5-10/h6-7,9-10H,2-5,8H2,1H3,(H,20,21,22). The van der Waals surface area contributed by atoms with Gasteiger partial charge in [0.25, 0.3) is 0 Å². The first-order chi connectivity index (χ1) is 11.6. The number of thiazole rings is 1. The molecule has 0 radical (unpaired) electrons. The second kappa shape index (κ2) is 7.72. The SMILES string of the molecule is CCC(=O)Nc1nc(-c2cc(Cl)c(OCC3CCC3)c(Cl)c2)cs1. The maximum atomic E-state index is 11.4. The fraction of sp³-hybridized carbons (Fsp3) is 0.412. The Morgan fingerprint density at radius 1 is 1.38 bits per heavy atom. The molecule has 1 aromatic heterocycles. The molecule has 1 amide bonds. The molecule has 1 saturated carbocycles. The molecular formula is C17H18Cl2N2O2S. The summed E-state index contributed by atoms with van der Waals surface area (Å²) < 4.78 is 5.80. The van der Waals surface area contributed by atoms with Gasteiger partial charge in [-0.2, -0.15) is 0 Å². The molecule has 128 valence electrons. The lowest BCUT2D eigenvalue weighted by Crippen LogP contribution is -2.19. The summed E-state index contributed by atoms with van der Waals surface area (Å²) in [7, 11) is 0. The average molecular weight is 385 g/mol. The van der Waals surface area contributed by atoms with Crippen molar-refractivity contribution in [1.29, 1.82) is 0 Å². The van der Waals surface area contributed by atoms with Gasteiger partial charge < -0.3 is 10.1 Å². The van der Waals surface area contributed by atoms with Crippen LogP contribution < -0.4 is 10.1 Å². The molecule has 7 heteroatoms. The Morgan fingerprint density at radius 2 is 2.08 bits per heavy atom. The number of carbonyl (C=O) groups excluding carboxylic acids is 1. The number of amides is 1. The van der Waals surface area contributed by atoms with E-state index in [1.807, 2.05) is 5.38 Å². The lowest BCUT2D eigenvalue weighted by molar-refractivity contribution is -0.115. The van der Waals surface area contributed by atoms with Gasteiger partial charge in [0.1, 0.15) is 0 Å². The Balaban J connectivity index is 1.75. The maximum absolute atomic E-state index is 11.4. The van der Waals surface area contributed by atoms with E-state index in [1.54, 1.807) is 19.1 Å². The smallest absolute Gasteiger partial charge is 0.225 e. The van der Waals surface area contributed by atoms with Crippen LogP contribution in [0.1, 0.15) is 32.6 Å². The monoisotopic (exact) mass is 384 g/mol. The van der Waals surface area contributed by atoms with Gasteiger partial charge in [-0.1, -0.05) is 36.5 Å². The van der Waals surface area contributed by atoms with Gasteiger partial charge >= 0.3 is 0 Å². The van der Waals surface area contributed by atoms with Gasteiger partial charge in [0.15, 0.2) is 10.9 Å². The van der Waals surface area contributed by atoms with E-state index in [0.29, 0.717) is 39.9 Å². The molecule has 1 heterocycles. The number of anilines is 1. The first-order valence-corrected chi connectivity index (χ1v) is 9.58. The topological polar surface area (TPSA) is 51.2 Å². The molecule has 3 rings (SSSR count). The summed E-state index contributed by atoms with van der Waals surface area (Å²) >= 11 is 14.0. The summed E-state index contributed by atoms with van der Waals surface area (Å²) in [6.45, 7) is 2.45. The summed E-state index contributed by atoms with van der Waals surface area (Å²) in [6.07, 6.45) is 4.10. The van der Waals surface area contributed by atoms with Gasteiger partial charge in [-0.25, -0.2) is 4.98 Å². The van der Waals surface area contributed by atoms with Crippen LogP contribution >= 0.6 is 34.5 Å². The van der Waals surface area contributed by atoms with Crippen molar-refractivity contribution in [3.63, 3.8) is 0 Å². The van der Waals surface area contributed by atoms with Gasteiger partial charge in [0, 0.05) is 17.4 Å². The first-order valence-electron chi connectivity index (χ1n) is 7.94. The normalized spacial score (nSPS) is 14.3. The Labute approximate surface area is 155 Å². The highest BCUT2D eigenvalue weighted by molar-refractivity contribution is 7.14. The van der Waals surface area contributed by atoms with E-state index in [1.165, 1.54) is 30.6 Å². The van der Waals surface area contributed by atoms with E-state index < -0.39 is 0 Å². The Hall–Kier alpha value is -1.30. The predicted octanol–water partition coefficient (Wildman–Crippen LogP) is 5.64. The summed E-state index contributed by atoms with van der Waals surface area (Å²) in [5.74, 6) is 1.08. The minimum atomic E-state index is -0.0632. The van der Waals surface area contributed by atoms with E-state index in [9.17, 15) is 4.79 Å². The maximum Gasteiger partial charge on any atom is 0.225 e. The Kier molecular flexibility index (Phi) is 5.64. The van der Waals surface area contributed by atoms with Gasteiger partial charge in [-0.15, -0.1) is 11.3 Å². The van der Waals surface area contributed by atoms with Crippen LogP contribution in [-0.2, 0) is 4.79 Å². The predicted molar refractivity (Wildman–Crippen MR) is 99.3 cm³/mol. The zero-order valence-electron chi connectivity index (χ0n) is 13.3. The van der Waals surface area contributed by atoms with Crippen molar-refractivity contribution >= 4 is 45.6 Å². The molecular weight excluding hydrogens is 367 g/mol. The number of carbonyl (C=O) groups is 1. The summed E-state index contributed by atoms with van der Waals surface area (Å²) in [5, 5.41) is 6.13. The summed E-state index contributed by atoms with van der Waals surface area (Å²) in [6, 6.07) is 3.59. The highest BCUT2D eigenvalue weighted by Crippen LogP contribution is 2.39. The molecule has 2 aromatic rings. The number of benzene rings is 1. The number of nitrogens with zero attached hydrogens (tertiary/aromatic N) is 1. The largest absolute Gasteiger partial charge is 0.490 e. The van der Waals surface area contributed by atoms with E-state index in [0.717, 1.165) is 11.3 Å². The second-order valence-corrected chi connectivity index (χ2v) is 7.49. The van der Waals surface area contributed by atoms with E-state index >= 15 is 0 Å². The number of rotatable bonds is 6. The van der Waals surface area contributed by atoms with Crippen molar-refractivity contribution in [2.45, 2.75) is 32.6 Å². The highest BCUT2D eigenvalue weighted by Gasteiger charge is 2.20. The van der Waals surface area contributed by atoms with Crippen LogP contribution in [0.3, 0.4) is 0 Å². The van der Waals surface area contributed by atoms with Crippen molar-refractivity contribution in [3.05, 3.63) is 27.6 Å². The molecule has 24 heavy (non-hydrogen) atoms. The number of nitrogens with one attached hydrogen (secondary N) is 1. The van der Waals surface area contributed by atoms with E-state index in [2.05, 4.69) is 10.3 Å². The van der Waals surface area contributed by atoms with Gasteiger partial charge in [0.05, 0.1) is 22.3 Å². The van der Waals surface area contributed by atoms with Crippen LogP contribution in [0.2, 0.25) is 10.0 Å². The molecule has 0 saturated heterocycles. The molecule has 0 unspecified atom stereocenters. The van der Waals surface area contributed by atoms with Crippen LogP contribution in [0.4, 0.5) is 5.13 Å². The molecule has 0 aliphatic heterocycles. The lowest BCUT2D eigenvalue weighted by atomic mass is 9.86. The zero-order valence-corrected chi connectivity index (χ0v) is 15.6. The van der Waals surface area contributed by atoms with Gasteiger partial charge in [0.2, 0.25) is 5.91 Å². The quantitative estimate of drug-likeness (QED) is 0.700. The number of hydrogen-bond acceptors (Lipinski definition) is 4. The number of halogens is 2. The van der Waals surface area contributed by atoms with Crippen molar-refractivity contribution in [2.24, 2.45) is 5.92 Å². The van der Waals surface area contributed by atoms with Crippen LogP contribution in [0.15, 0.2) is 17.5 Å². The molecule has 1 aromatic carbocycles. The molecule has 1 aliphatic rings. The molecule has 0 atom stereocenters. The second-order valence-electron chi connectivity index (χ2n) is 5.82. The summed E-state index contributed by atoms with van der Waals surface area (Å²) in [4.78, 5) is 15.8. The van der Waals surface area contributed by atoms with E-state index in [4.69, 9.17) is 27.9 Å². The average Bonchev–Trinajstić information content (AvgIpc) is 2.96. The molecule has 1 fully saturated rings. The molecule has 0 spiro atoms. The van der Waals surface area contributed by atoms with Crippen LogP contribution in [0.25, 0.3) is 11.3 Å². The third kappa shape index (κ3) is 4.02. The Morgan fingerprint density at radius 3 is 2.67 bits per heavy atom. The third-order valence-corrected chi connectivity index (χ3v) is 5.37. The van der Waals surface area contributed by atoms with Crippen LogP contribution in [-0.4, -0.2) is 17.5 Å². The fourth-order valence-electron chi connectivity index (χ4n) is 2.38. The van der Waals surface area contributed by atoms with Crippen LogP contribution in [0, 0.1) is 5.92 Å². The van der Waals surface area contributed by atoms with E-state index in [-0.39, 0.29) is 5.91 Å². The number of hydrogen-bond donors (Lipinski definition) is 1. The van der Waals surface area contributed by atoms with Gasteiger partial charge in [-0.3, -0.25) is 4.79 Å². The number of ether oxygens (including phenoxy) is 1. The zero-order chi connectivity index (χ0) is 17.1. The molecule has 0 bridgehead atoms. The molecule has 1 N–H and O–H groups in total. The van der Waals surface area contributed by atoms with Crippen molar-refractivity contribution in [1.82, 2.24) is 4.98 Å².